The molecule has 30 heavy (non-hydrogen) atoms. The number of carbonyl (C=O) groups is 1. The van der Waals surface area contributed by atoms with Gasteiger partial charge in [0.15, 0.2) is 0 Å². The van der Waals surface area contributed by atoms with Gasteiger partial charge in [0.25, 0.3) is 0 Å². The summed E-state index contributed by atoms with van der Waals surface area (Å²) in [5.41, 5.74) is 1.84. The second-order valence-electron chi connectivity index (χ2n) is 7.22. The average molecular weight is 403 g/mol. The van der Waals surface area contributed by atoms with E-state index < -0.39 is 0 Å². The minimum atomic E-state index is -0.0960. The lowest BCUT2D eigenvalue weighted by molar-refractivity contribution is 0.115. The number of nitrogens with one attached hydrogen (secondary N) is 1. The highest BCUT2D eigenvalue weighted by Gasteiger charge is 2.24. The Morgan fingerprint density at radius 3 is 2.40 bits per heavy atom. The molecule has 1 aliphatic rings. The summed E-state index contributed by atoms with van der Waals surface area (Å²) in [6.45, 7) is 1.87. The zero-order valence-corrected chi connectivity index (χ0v) is 16.7. The van der Waals surface area contributed by atoms with Gasteiger partial charge in [-0.05, 0) is 42.0 Å². The third-order valence-corrected chi connectivity index (χ3v) is 5.02. The molecule has 0 atom stereocenters. The van der Waals surface area contributed by atoms with E-state index in [1.165, 1.54) is 0 Å². The smallest absolute Gasteiger partial charge is 0.321 e. The topological polar surface area (TPSA) is 63.7 Å². The number of carbonyl (C=O) groups excluding carboxylic acids is 1. The van der Waals surface area contributed by atoms with Crippen LogP contribution >= 0.6 is 0 Å². The van der Waals surface area contributed by atoms with Crippen LogP contribution in [0.25, 0.3) is 0 Å². The van der Waals surface area contributed by atoms with E-state index in [2.05, 4.69) is 10.3 Å². The molecule has 6 heteroatoms. The van der Waals surface area contributed by atoms with Crippen molar-refractivity contribution in [3.05, 3.63) is 84.7 Å². The van der Waals surface area contributed by atoms with Crippen molar-refractivity contribution < 1.29 is 14.3 Å². The highest BCUT2D eigenvalue weighted by Crippen LogP contribution is 2.23. The van der Waals surface area contributed by atoms with Crippen molar-refractivity contribution in [2.24, 2.45) is 0 Å². The molecule has 154 valence electrons. The number of urea groups is 1. The first-order valence-corrected chi connectivity index (χ1v) is 10.2. The van der Waals surface area contributed by atoms with Gasteiger partial charge in [-0.1, -0.05) is 30.3 Å². The van der Waals surface area contributed by atoms with Crippen molar-refractivity contribution in [3.63, 3.8) is 0 Å². The Kier molecular flexibility index (Phi) is 6.44. The number of anilines is 1. The van der Waals surface area contributed by atoms with Crippen LogP contribution in [0.4, 0.5) is 10.5 Å². The van der Waals surface area contributed by atoms with Gasteiger partial charge in [0.1, 0.15) is 24.2 Å². The fraction of sp³-hybridized carbons (Fsp3) is 0.250. The van der Waals surface area contributed by atoms with E-state index in [0.717, 1.165) is 29.9 Å². The monoisotopic (exact) mass is 403 g/mol. The third kappa shape index (κ3) is 5.50. The second-order valence-corrected chi connectivity index (χ2v) is 7.22. The van der Waals surface area contributed by atoms with Crippen LogP contribution in [-0.4, -0.2) is 35.1 Å². The van der Waals surface area contributed by atoms with Gasteiger partial charge in [0.05, 0.1) is 11.9 Å². The minimum Gasteiger partial charge on any atom is -0.490 e. The van der Waals surface area contributed by atoms with Gasteiger partial charge in [-0.15, -0.1) is 0 Å². The van der Waals surface area contributed by atoms with Crippen molar-refractivity contribution in [2.75, 3.05) is 18.4 Å². The number of amides is 2. The molecule has 1 fully saturated rings. The number of hydrogen-bond acceptors (Lipinski definition) is 4. The van der Waals surface area contributed by atoms with Crippen molar-refractivity contribution >= 4 is 11.7 Å². The largest absolute Gasteiger partial charge is 0.490 e. The predicted octanol–water partition coefficient (Wildman–Crippen LogP) is 4.74. The molecule has 0 bridgehead atoms. The molecule has 0 saturated carbocycles. The molecule has 2 heterocycles. The molecule has 0 spiro atoms. The minimum absolute atomic E-state index is 0.0960. The van der Waals surface area contributed by atoms with Crippen LogP contribution in [0.5, 0.6) is 11.5 Å². The van der Waals surface area contributed by atoms with Gasteiger partial charge in [-0.2, -0.15) is 0 Å². The number of benzene rings is 2. The molecule has 0 aliphatic carbocycles. The molecular weight excluding hydrogens is 378 g/mol. The molecule has 1 aliphatic heterocycles. The summed E-state index contributed by atoms with van der Waals surface area (Å²) in [6.07, 6.45) is 5.02. The number of hydrogen-bond donors (Lipinski definition) is 1. The highest BCUT2D eigenvalue weighted by molar-refractivity contribution is 5.89. The Hall–Kier alpha value is -3.54. The fourth-order valence-corrected chi connectivity index (χ4v) is 3.36. The van der Waals surface area contributed by atoms with Gasteiger partial charge < -0.3 is 19.7 Å². The van der Waals surface area contributed by atoms with E-state index in [-0.39, 0.29) is 12.1 Å². The van der Waals surface area contributed by atoms with Gasteiger partial charge in [-0.3, -0.25) is 4.98 Å². The Morgan fingerprint density at radius 1 is 0.967 bits per heavy atom. The lowest BCUT2D eigenvalue weighted by Gasteiger charge is -2.32. The summed E-state index contributed by atoms with van der Waals surface area (Å²) < 4.78 is 11.9. The number of aromatic nitrogens is 1. The SMILES string of the molecule is O=C(Nc1cccnc1)N1CCC(Oc2ccc(OCc3ccccc3)cc2)CC1. The number of piperidine rings is 1. The molecule has 4 rings (SSSR count). The zero-order valence-electron chi connectivity index (χ0n) is 16.7. The van der Waals surface area contributed by atoms with E-state index in [0.29, 0.717) is 25.4 Å². The summed E-state index contributed by atoms with van der Waals surface area (Å²) in [5, 5.41) is 2.88. The maximum Gasteiger partial charge on any atom is 0.321 e. The van der Waals surface area contributed by atoms with E-state index in [1.54, 1.807) is 18.5 Å². The molecule has 3 aromatic rings. The van der Waals surface area contributed by atoms with E-state index in [4.69, 9.17) is 9.47 Å². The first-order valence-electron chi connectivity index (χ1n) is 10.2. The van der Waals surface area contributed by atoms with E-state index in [1.807, 2.05) is 65.6 Å². The summed E-state index contributed by atoms with van der Waals surface area (Å²) in [7, 11) is 0. The van der Waals surface area contributed by atoms with Crippen LogP contribution in [0.15, 0.2) is 79.1 Å². The van der Waals surface area contributed by atoms with Crippen molar-refractivity contribution in [2.45, 2.75) is 25.6 Å². The number of ether oxygens (including phenoxy) is 2. The summed E-state index contributed by atoms with van der Waals surface area (Å²) in [6, 6.07) is 21.3. The van der Waals surface area contributed by atoms with Gasteiger partial charge >= 0.3 is 6.03 Å². The third-order valence-electron chi connectivity index (χ3n) is 5.02. The summed E-state index contributed by atoms with van der Waals surface area (Å²) >= 11 is 0. The van der Waals surface area contributed by atoms with Gasteiger partial charge in [-0.25, -0.2) is 4.79 Å². The molecule has 6 nitrogen and oxygen atoms in total. The molecule has 0 radical (unpaired) electrons. The van der Waals surface area contributed by atoms with Gasteiger partial charge in [0, 0.05) is 32.1 Å². The highest BCUT2D eigenvalue weighted by atomic mass is 16.5. The molecular formula is C24H25N3O3. The number of rotatable bonds is 6. The van der Waals surface area contributed by atoms with Crippen molar-refractivity contribution in [1.82, 2.24) is 9.88 Å². The lowest BCUT2D eigenvalue weighted by atomic mass is 10.1. The number of nitrogens with zero attached hydrogens (tertiary/aromatic N) is 2. The Morgan fingerprint density at radius 2 is 1.70 bits per heavy atom. The maximum atomic E-state index is 12.4. The first-order chi connectivity index (χ1) is 14.8. The van der Waals surface area contributed by atoms with Crippen LogP contribution in [0.1, 0.15) is 18.4 Å². The number of pyridine rings is 1. The molecule has 1 aromatic heterocycles. The van der Waals surface area contributed by atoms with Crippen molar-refractivity contribution in [3.8, 4) is 11.5 Å². The molecule has 1 saturated heterocycles. The Bertz CT molecular complexity index is 925. The Balaban J connectivity index is 1.21. The standard InChI is InChI=1S/C24H25N3O3/c28-24(26-20-7-4-14-25-17-20)27-15-12-23(13-16-27)30-22-10-8-21(9-11-22)29-18-19-5-2-1-3-6-19/h1-11,14,17,23H,12-13,15-16,18H2,(H,26,28). The predicted molar refractivity (Wildman–Crippen MR) is 116 cm³/mol. The maximum absolute atomic E-state index is 12.4. The van der Waals surface area contributed by atoms with Crippen LogP contribution in [-0.2, 0) is 6.61 Å². The first kappa shape index (κ1) is 19.8. The van der Waals surface area contributed by atoms with Crippen LogP contribution in [0, 0.1) is 0 Å². The van der Waals surface area contributed by atoms with Crippen LogP contribution < -0.4 is 14.8 Å². The summed E-state index contributed by atoms with van der Waals surface area (Å²) in [5.74, 6) is 1.63. The van der Waals surface area contributed by atoms with Crippen molar-refractivity contribution in [1.29, 1.82) is 0 Å². The van der Waals surface area contributed by atoms with Gasteiger partial charge in [0.2, 0.25) is 0 Å². The molecule has 2 aromatic carbocycles. The summed E-state index contributed by atoms with van der Waals surface area (Å²) in [4.78, 5) is 18.2. The normalized spacial score (nSPS) is 14.2. The van der Waals surface area contributed by atoms with E-state index >= 15 is 0 Å². The molecule has 2 amide bonds. The number of likely N-dealkylation sites (tertiary alicyclic amines) is 1. The van der Waals surface area contributed by atoms with Crippen LogP contribution in [0.2, 0.25) is 0 Å². The zero-order chi connectivity index (χ0) is 20.6. The quantitative estimate of drug-likeness (QED) is 0.646. The average Bonchev–Trinajstić information content (AvgIpc) is 2.80. The fourth-order valence-electron chi connectivity index (χ4n) is 3.36. The van der Waals surface area contributed by atoms with Crippen LogP contribution in [0.3, 0.4) is 0 Å². The molecule has 0 unspecified atom stereocenters. The second kappa shape index (κ2) is 9.78. The molecule has 1 N–H and O–H groups in total. The lowest BCUT2D eigenvalue weighted by Crippen LogP contribution is -2.43. The Labute approximate surface area is 176 Å². The van der Waals surface area contributed by atoms with E-state index in [9.17, 15) is 4.79 Å².